The van der Waals surface area contributed by atoms with Crippen LogP contribution in [0.25, 0.3) is 0 Å². The number of nitrogens with two attached hydrogens (primary N) is 2. The maximum atomic E-state index is 5.19. The van der Waals surface area contributed by atoms with Crippen LogP contribution in [0.2, 0.25) is 0 Å². The van der Waals surface area contributed by atoms with E-state index in [0.29, 0.717) is 19.0 Å². The van der Waals surface area contributed by atoms with Crippen molar-refractivity contribution in [3.8, 4) is 0 Å². The van der Waals surface area contributed by atoms with Gasteiger partial charge in [-0.2, -0.15) is 0 Å². The average molecular weight is 226 g/mol. The van der Waals surface area contributed by atoms with Crippen molar-refractivity contribution in [3.63, 3.8) is 0 Å². The van der Waals surface area contributed by atoms with Gasteiger partial charge in [0, 0.05) is 12.1 Å². The molecule has 0 radical (unpaired) electrons. The van der Waals surface area contributed by atoms with Crippen molar-refractivity contribution in [3.05, 3.63) is 36.4 Å². The Morgan fingerprint density at radius 1 is 1.25 bits per heavy atom. The largest absolute Gasteiger partial charge is 0.448 e. The summed E-state index contributed by atoms with van der Waals surface area (Å²) in [5.74, 6) is 0.583. The summed E-state index contributed by atoms with van der Waals surface area (Å²) in [6, 6.07) is 0. The first-order valence-corrected chi connectivity index (χ1v) is 5.03. The van der Waals surface area contributed by atoms with E-state index in [9.17, 15) is 0 Å². The first-order valence-electron chi connectivity index (χ1n) is 5.03. The predicted octanol–water partition coefficient (Wildman–Crippen LogP) is 1.29. The topological polar surface area (TPSA) is 104 Å². The Balaban J connectivity index is 0.000000244. The summed E-state index contributed by atoms with van der Waals surface area (Å²) < 4.78 is 9.22. The first-order chi connectivity index (χ1) is 7.86. The summed E-state index contributed by atoms with van der Waals surface area (Å²) in [4.78, 5) is 3.74. The van der Waals surface area contributed by atoms with Gasteiger partial charge in [-0.3, -0.25) is 0 Å². The van der Waals surface area contributed by atoms with E-state index < -0.39 is 0 Å². The zero-order valence-corrected chi connectivity index (χ0v) is 9.59. The SMILES string of the molecule is CC.NCc1cnoc1.NCc1ncco1. The molecule has 0 amide bonds. The summed E-state index contributed by atoms with van der Waals surface area (Å²) in [5.41, 5.74) is 11.3. The van der Waals surface area contributed by atoms with Crippen molar-refractivity contribution in [2.24, 2.45) is 11.5 Å². The highest BCUT2D eigenvalue weighted by atomic mass is 16.5. The van der Waals surface area contributed by atoms with Crippen LogP contribution in [-0.2, 0) is 13.1 Å². The van der Waals surface area contributed by atoms with Gasteiger partial charge in [-0.15, -0.1) is 0 Å². The molecule has 6 heteroatoms. The third kappa shape index (κ3) is 5.94. The van der Waals surface area contributed by atoms with Gasteiger partial charge in [-0.05, 0) is 0 Å². The zero-order valence-electron chi connectivity index (χ0n) is 9.59. The maximum absolute atomic E-state index is 5.19. The van der Waals surface area contributed by atoms with Gasteiger partial charge in [-0.1, -0.05) is 19.0 Å². The van der Waals surface area contributed by atoms with Crippen LogP contribution in [0.5, 0.6) is 0 Å². The van der Waals surface area contributed by atoms with Crippen molar-refractivity contribution in [2.75, 3.05) is 0 Å². The van der Waals surface area contributed by atoms with E-state index in [2.05, 4.69) is 14.7 Å². The molecular weight excluding hydrogens is 208 g/mol. The number of hydrogen-bond donors (Lipinski definition) is 2. The lowest BCUT2D eigenvalue weighted by atomic mass is 10.4. The molecule has 2 heterocycles. The smallest absolute Gasteiger partial charge is 0.207 e. The fraction of sp³-hybridized carbons (Fsp3) is 0.400. The molecule has 2 rings (SSSR count). The monoisotopic (exact) mass is 226 g/mol. The number of hydrogen-bond acceptors (Lipinski definition) is 6. The number of aromatic nitrogens is 2. The fourth-order valence-electron chi connectivity index (χ4n) is 0.681. The molecule has 0 aliphatic carbocycles. The Morgan fingerprint density at radius 3 is 2.25 bits per heavy atom. The van der Waals surface area contributed by atoms with Crippen LogP contribution in [0.1, 0.15) is 25.3 Å². The quantitative estimate of drug-likeness (QED) is 0.799. The second-order valence-corrected chi connectivity index (χ2v) is 2.37. The van der Waals surface area contributed by atoms with Gasteiger partial charge < -0.3 is 20.4 Å². The molecule has 0 bridgehead atoms. The lowest BCUT2D eigenvalue weighted by Gasteiger charge is -1.78. The Kier molecular flexibility index (Phi) is 8.85. The maximum Gasteiger partial charge on any atom is 0.207 e. The van der Waals surface area contributed by atoms with E-state index in [0.717, 1.165) is 5.56 Å². The Hall–Kier alpha value is -1.66. The lowest BCUT2D eigenvalue weighted by Crippen LogP contribution is -1.94. The van der Waals surface area contributed by atoms with Gasteiger partial charge in [0.15, 0.2) is 0 Å². The van der Waals surface area contributed by atoms with Crippen LogP contribution >= 0.6 is 0 Å². The van der Waals surface area contributed by atoms with Gasteiger partial charge in [-0.25, -0.2) is 4.98 Å². The molecule has 90 valence electrons. The minimum absolute atomic E-state index is 0.382. The second kappa shape index (κ2) is 9.88. The minimum Gasteiger partial charge on any atom is -0.448 e. The van der Waals surface area contributed by atoms with E-state index in [1.54, 1.807) is 12.4 Å². The van der Waals surface area contributed by atoms with Crippen molar-refractivity contribution in [2.45, 2.75) is 26.9 Å². The highest BCUT2D eigenvalue weighted by Gasteiger charge is 1.86. The predicted molar refractivity (Wildman–Crippen MR) is 60.1 cm³/mol. The van der Waals surface area contributed by atoms with E-state index in [-0.39, 0.29) is 0 Å². The van der Waals surface area contributed by atoms with Crippen LogP contribution < -0.4 is 11.5 Å². The van der Waals surface area contributed by atoms with E-state index in [4.69, 9.17) is 15.9 Å². The Labute approximate surface area is 94.6 Å². The van der Waals surface area contributed by atoms with Crippen LogP contribution in [-0.4, -0.2) is 10.1 Å². The first kappa shape index (κ1) is 14.3. The summed E-state index contributed by atoms with van der Waals surface area (Å²) in [5, 5.41) is 3.44. The number of oxazole rings is 1. The summed E-state index contributed by atoms with van der Waals surface area (Å²) in [7, 11) is 0. The Morgan fingerprint density at radius 2 is 2.00 bits per heavy atom. The van der Waals surface area contributed by atoms with E-state index in [1.807, 2.05) is 13.8 Å². The minimum atomic E-state index is 0.382. The molecule has 0 spiro atoms. The molecule has 2 aromatic rings. The van der Waals surface area contributed by atoms with Crippen molar-refractivity contribution < 1.29 is 8.94 Å². The molecule has 0 atom stereocenters. The van der Waals surface area contributed by atoms with E-state index >= 15 is 0 Å². The molecule has 0 aliphatic rings. The highest BCUT2D eigenvalue weighted by molar-refractivity contribution is 4.97. The molecule has 0 saturated heterocycles. The van der Waals surface area contributed by atoms with Crippen LogP contribution in [0.15, 0.2) is 33.9 Å². The van der Waals surface area contributed by atoms with Gasteiger partial charge in [0.05, 0.1) is 18.9 Å². The van der Waals surface area contributed by atoms with Crippen molar-refractivity contribution in [1.29, 1.82) is 0 Å². The van der Waals surface area contributed by atoms with Crippen LogP contribution in [0.3, 0.4) is 0 Å². The molecule has 0 saturated carbocycles. The van der Waals surface area contributed by atoms with Gasteiger partial charge >= 0.3 is 0 Å². The van der Waals surface area contributed by atoms with Crippen molar-refractivity contribution in [1.82, 2.24) is 10.1 Å². The van der Waals surface area contributed by atoms with Crippen molar-refractivity contribution >= 4 is 0 Å². The summed E-state index contributed by atoms with van der Waals surface area (Å²) >= 11 is 0. The molecule has 6 nitrogen and oxygen atoms in total. The molecule has 0 fully saturated rings. The second-order valence-electron chi connectivity index (χ2n) is 2.37. The Bertz CT molecular complexity index is 284. The van der Waals surface area contributed by atoms with Gasteiger partial charge in [0.25, 0.3) is 0 Å². The standard InChI is InChI=1S/2C4H6N2O.C2H6/c5-1-4-2-6-7-3-4;5-3-4-6-1-2-7-4;1-2/h2-3H,1,5H2;1-2H,3,5H2;1-2H3. The number of nitrogens with zero attached hydrogens (tertiary/aromatic N) is 2. The normalized spacial score (nSPS) is 8.50. The van der Waals surface area contributed by atoms with Crippen LogP contribution in [0.4, 0.5) is 0 Å². The summed E-state index contributed by atoms with van der Waals surface area (Å²) in [6.45, 7) is 4.89. The third-order valence-corrected chi connectivity index (χ3v) is 1.38. The molecule has 16 heavy (non-hydrogen) atoms. The molecule has 4 N–H and O–H groups in total. The van der Waals surface area contributed by atoms with Gasteiger partial charge in [0.1, 0.15) is 12.5 Å². The third-order valence-electron chi connectivity index (χ3n) is 1.38. The molecular formula is C10H18N4O2. The van der Waals surface area contributed by atoms with E-state index in [1.165, 1.54) is 12.5 Å². The molecule has 0 unspecified atom stereocenters. The fourth-order valence-corrected chi connectivity index (χ4v) is 0.681. The zero-order chi connectivity index (χ0) is 12.2. The number of rotatable bonds is 2. The molecule has 0 aromatic carbocycles. The molecule has 2 aromatic heterocycles. The molecule has 0 aliphatic heterocycles. The summed E-state index contributed by atoms with van der Waals surface area (Å²) in [6.07, 6.45) is 6.20. The average Bonchev–Trinajstić information content (AvgIpc) is 3.05. The van der Waals surface area contributed by atoms with Crippen LogP contribution in [0, 0.1) is 0 Å². The lowest BCUT2D eigenvalue weighted by molar-refractivity contribution is 0.419. The van der Waals surface area contributed by atoms with Gasteiger partial charge in [0.2, 0.25) is 5.89 Å². The highest BCUT2D eigenvalue weighted by Crippen LogP contribution is 1.91.